The Morgan fingerprint density at radius 3 is 2.12 bits per heavy atom. The second-order valence-corrected chi connectivity index (χ2v) is 6.31. The first-order valence-corrected chi connectivity index (χ1v) is 9.37. The fraction of sp³-hybridized carbons (Fsp3) is 0.476. The maximum atomic E-state index is 11.9. The summed E-state index contributed by atoms with van der Waals surface area (Å²) in [5, 5.41) is 0. The van der Waals surface area contributed by atoms with Crippen molar-refractivity contribution < 1.29 is 9.53 Å². The predicted octanol–water partition coefficient (Wildman–Crippen LogP) is 5.58. The third-order valence-electron chi connectivity index (χ3n) is 4.13. The van der Waals surface area contributed by atoms with E-state index in [9.17, 15) is 4.79 Å². The molecule has 0 bridgehead atoms. The molecule has 1 aromatic heterocycles. The van der Waals surface area contributed by atoms with Crippen LogP contribution in [-0.2, 0) is 4.79 Å². The predicted molar refractivity (Wildman–Crippen MR) is 100 cm³/mol. The van der Waals surface area contributed by atoms with Crippen LogP contribution in [0.1, 0.15) is 64.7 Å². The minimum Gasteiger partial charge on any atom is -0.423 e. The molecule has 0 radical (unpaired) electrons. The molecule has 0 aliphatic rings. The van der Waals surface area contributed by atoms with Gasteiger partial charge in [-0.15, -0.1) is 0 Å². The van der Waals surface area contributed by atoms with Crippen LogP contribution in [0.25, 0.3) is 11.4 Å². The summed E-state index contributed by atoms with van der Waals surface area (Å²) in [6, 6.07) is 9.73. The number of hydrogen-bond donors (Lipinski definition) is 0. The van der Waals surface area contributed by atoms with Gasteiger partial charge in [-0.1, -0.05) is 82.2 Å². The van der Waals surface area contributed by atoms with Gasteiger partial charge in [0.05, 0.1) is 12.4 Å². The Morgan fingerprint density at radius 2 is 1.48 bits per heavy atom. The minimum absolute atomic E-state index is 0.206. The number of ether oxygens (including phenoxy) is 1. The van der Waals surface area contributed by atoms with Crippen molar-refractivity contribution in [1.82, 2.24) is 9.97 Å². The van der Waals surface area contributed by atoms with E-state index in [0.717, 1.165) is 18.4 Å². The van der Waals surface area contributed by atoms with Crippen molar-refractivity contribution in [2.45, 2.75) is 64.7 Å². The molecule has 0 amide bonds. The number of hydrogen-bond acceptors (Lipinski definition) is 4. The number of aromatic nitrogens is 2. The minimum atomic E-state index is -0.206. The third-order valence-corrected chi connectivity index (χ3v) is 4.13. The molecule has 2 aromatic rings. The summed E-state index contributed by atoms with van der Waals surface area (Å²) in [7, 11) is 0. The number of unbranched alkanes of at least 4 members (excludes halogenated alkanes) is 7. The lowest BCUT2D eigenvalue weighted by molar-refractivity contribution is -0.134. The number of carbonyl (C=O) groups excluding carboxylic acids is 1. The van der Waals surface area contributed by atoms with Crippen LogP contribution < -0.4 is 4.74 Å². The van der Waals surface area contributed by atoms with Crippen LogP contribution in [-0.4, -0.2) is 15.9 Å². The Labute approximate surface area is 150 Å². The van der Waals surface area contributed by atoms with Crippen LogP contribution in [0, 0.1) is 0 Å². The number of carbonyl (C=O) groups is 1. The van der Waals surface area contributed by atoms with E-state index in [4.69, 9.17) is 4.74 Å². The second-order valence-electron chi connectivity index (χ2n) is 6.31. The molecule has 0 saturated carbocycles. The smallest absolute Gasteiger partial charge is 0.311 e. The first-order chi connectivity index (χ1) is 12.3. The van der Waals surface area contributed by atoms with Crippen LogP contribution in [0.3, 0.4) is 0 Å². The molecule has 4 nitrogen and oxygen atoms in total. The van der Waals surface area contributed by atoms with Crippen molar-refractivity contribution >= 4 is 5.97 Å². The molecular formula is C21H28N2O2. The van der Waals surface area contributed by atoms with E-state index in [1.807, 2.05) is 30.3 Å². The summed E-state index contributed by atoms with van der Waals surface area (Å²) in [6.07, 6.45) is 13.3. The van der Waals surface area contributed by atoms with Crippen molar-refractivity contribution in [3.05, 3.63) is 42.7 Å². The van der Waals surface area contributed by atoms with Gasteiger partial charge in [-0.3, -0.25) is 4.79 Å². The Morgan fingerprint density at radius 1 is 0.880 bits per heavy atom. The molecule has 0 spiro atoms. The first-order valence-electron chi connectivity index (χ1n) is 9.37. The lowest BCUT2D eigenvalue weighted by Gasteiger charge is -2.05. The SMILES string of the molecule is CCCCCCCCCCC(=O)Oc1cnc(-c2ccccc2)nc1. The van der Waals surface area contributed by atoms with Crippen LogP contribution in [0.15, 0.2) is 42.7 Å². The Kier molecular flexibility index (Phi) is 8.67. The average molecular weight is 340 g/mol. The van der Waals surface area contributed by atoms with E-state index in [0.29, 0.717) is 18.0 Å². The number of benzene rings is 1. The molecule has 0 atom stereocenters. The van der Waals surface area contributed by atoms with Crippen LogP contribution in [0.5, 0.6) is 5.75 Å². The molecule has 1 heterocycles. The van der Waals surface area contributed by atoms with E-state index in [1.165, 1.54) is 38.5 Å². The van der Waals surface area contributed by atoms with Gasteiger partial charge in [0, 0.05) is 12.0 Å². The molecule has 0 fully saturated rings. The average Bonchev–Trinajstić information content (AvgIpc) is 2.65. The highest BCUT2D eigenvalue weighted by Crippen LogP contribution is 2.16. The highest BCUT2D eigenvalue weighted by molar-refractivity contribution is 5.72. The van der Waals surface area contributed by atoms with Crippen molar-refractivity contribution in [3.63, 3.8) is 0 Å². The molecule has 2 rings (SSSR count). The van der Waals surface area contributed by atoms with Crippen molar-refractivity contribution in [2.75, 3.05) is 0 Å². The molecule has 0 aliphatic carbocycles. The lowest BCUT2D eigenvalue weighted by atomic mass is 10.1. The molecule has 1 aromatic carbocycles. The molecule has 134 valence electrons. The Balaban J connectivity index is 1.64. The summed E-state index contributed by atoms with van der Waals surface area (Å²) < 4.78 is 5.30. The van der Waals surface area contributed by atoms with E-state index < -0.39 is 0 Å². The first kappa shape index (κ1) is 19.1. The zero-order chi connectivity index (χ0) is 17.7. The van der Waals surface area contributed by atoms with Gasteiger partial charge in [0.15, 0.2) is 11.6 Å². The number of nitrogens with zero attached hydrogens (tertiary/aromatic N) is 2. The molecule has 25 heavy (non-hydrogen) atoms. The fourth-order valence-corrected chi connectivity index (χ4v) is 2.69. The van der Waals surface area contributed by atoms with Gasteiger partial charge in [-0.05, 0) is 6.42 Å². The fourth-order valence-electron chi connectivity index (χ4n) is 2.69. The topological polar surface area (TPSA) is 52.1 Å². The third kappa shape index (κ3) is 7.46. The van der Waals surface area contributed by atoms with Crippen LogP contribution >= 0.6 is 0 Å². The number of esters is 1. The van der Waals surface area contributed by atoms with Crippen molar-refractivity contribution in [3.8, 4) is 17.1 Å². The molecule has 0 saturated heterocycles. The summed E-state index contributed by atoms with van der Waals surface area (Å²) in [5.74, 6) is 0.828. The number of rotatable bonds is 11. The zero-order valence-electron chi connectivity index (χ0n) is 15.1. The van der Waals surface area contributed by atoms with Crippen LogP contribution in [0.4, 0.5) is 0 Å². The Bertz CT molecular complexity index is 612. The Hall–Kier alpha value is -2.23. The maximum absolute atomic E-state index is 11.9. The largest absolute Gasteiger partial charge is 0.423 e. The van der Waals surface area contributed by atoms with Gasteiger partial charge in [-0.25, -0.2) is 9.97 Å². The van der Waals surface area contributed by atoms with E-state index in [1.54, 1.807) is 12.4 Å². The summed E-state index contributed by atoms with van der Waals surface area (Å²) in [6.45, 7) is 2.23. The van der Waals surface area contributed by atoms with Crippen molar-refractivity contribution in [2.24, 2.45) is 0 Å². The monoisotopic (exact) mass is 340 g/mol. The molecular weight excluding hydrogens is 312 g/mol. The highest BCUT2D eigenvalue weighted by atomic mass is 16.5. The maximum Gasteiger partial charge on any atom is 0.311 e. The van der Waals surface area contributed by atoms with Crippen molar-refractivity contribution in [1.29, 1.82) is 0 Å². The van der Waals surface area contributed by atoms with Gasteiger partial charge >= 0.3 is 5.97 Å². The van der Waals surface area contributed by atoms with E-state index in [2.05, 4.69) is 16.9 Å². The lowest BCUT2D eigenvalue weighted by Crippen LogP contribution is -2.08. The summed E-state index contributed by atoms with van der Waals surface area (Å²) in [4.78, 5) is 20.4. The van der Waals surface area contributed by atoms with E-state index in [-0.39, 0.29) is 5.97 Å². The summed E-state index contributed by atoms with van der Waals surface area (Å²) >= 11 is 0. The normalized spacial score (nSPS) is 10.6. The van der Waals surface area contributed by atoms with E-state index >= 15 is 0 Å². The molecule has 4 heteroatoms. The van der Waals surface area contributed by atoms with Gasteiger partial charge in [0.2, 0.25) is 0 Å². The summed E-state index contributed by atoms with van der Waals surface area (Å²) in [5.41, 5.74) is 0.944. The van der Waals surface area contributed by atoms with Gasteiger partial charge in [0.25, 0.3) is 0 Å². The quantitative estimate of drug-likeness (QED) is 0.396. The van der Waals surface area contributed by atoms with Gasteiger partial charge in [0.1, 0.15) is 0 Å². The highest BCUT2D eigenvalue weighted by Gasteiger charge is 2.07. The standard InChI is InChI=1S/C21H28N2O2/c1-2-3-4-5-6-7-8-12-15-20(24)25-19-16-22-21(23-17-19)18-13-10-9-11-14-18/h9-11,13-14,16-17H,2-8,12,15H2,1H3. The van der Waals surface area contributed by atoms with Gasteiger partial charge in [-0.2, -0.15) is 0 Å². The van der Waals surface area contributed by atoms with Gasteiger partial charge < -0.3 is 4.74 Å². The molecule has 0 unspecified atom stereocenters. The second kappa shape index (κ2) is 11.3. The zero-order valence-corrected chi connectivity index (χ0v) is 15.1. The molecule has 0 aliphatic heterocycles. The van der Waals surface area contributed by atoms with Crippen LogP contribution in [0.2, 0.25) is 0 Å². The molecule has 0 N–H and O–H groups in total.